The van der Waals surface area contributed by atoms with Crippen LogP contribution in [0.3, 0.4) is 0 Å². The van der Waals surface area contributed by atoms with Crippen molar-refractivity contribution in [2.24, 2.45) is 16.9 Å². The quantitative estimate of drug-likeness (QED) is 0.169. The zero-order valence-electron chi connectivity index (χ0n) is 23.2. The summed E-state index contributed by atoms with van der Waals surface area (Å²) in [6, 6.07) is 39.1. The van der Waals surface area contributed by atoms with Gasteiger partial charge >= 0.3 is 0 Å². The molecule has 2 bridgehead atoms. The molecule has 208 valence electrons. The molecule has 0 spiro atoms. The Labute approximate surface area is 248 Å². The van der Waals surface area contributed by atoms with Gasteiger partial charge in [-0.1, -0.05) is 115 Å². The van der Waals surface area contributed by atoms with Crippen LogP contribution in [-0.2, 0) is 26.2 Å². The van der Waals surface area contributed by atoms with Crippen molar-refractivity contribution in [1.29, 1.82) is 0 Å². The first-order valence-electron chi connectivity index (χ1n) is 14.5. The zero-order valence-corrected chi connectivity index (χ0v) is 23.2. The predicted octanol–water partition coefficient (Wildman–Crippen LogP) is 5.74. The number of rotatable bonds is 5. The van der Waals surface area contributed by atoms with E-state index in [2.05, 4.69) is 22.7 Å². The van der Waals surface area contributed by atoms with Gasteiger partial charge in [0, 0.05) is 17.5 Å². The predicted molar refractivity (Wildman–Crippen MR) is 166 cm³/mol. The van der Waals surface area contributed by atoms with Crippen LogP contribution in [-0.4, -0.2) is 23.9 Å². The molecule has 4 aliphatic rings. The Hall–Kier alpha value is -5.36. The lowest BCUT2D eigenvalue weighted by Crippen LogP contribution is -2.54. The smallest absolute Gasteiger partial charge is 0.244 e. The molecule has 1 aliphatic heterocycles. The number of hydrogen-bond donors (Lipinski definition) is 1. The summed E-state index contributed by atoms with van der Waals surface area (Å²) in [4.78, 5) is 43.5. The first-order valence-corrected chi connectivity index (χ1v) is 14.5. The van der Waals surface area contributed by atoms with Gasteiger partial charge in [0.05, 0.1) is 29.4 Å². The molecule has 3 amide bonds. The lowest BCUT2D eigenvalue weighted by atomic mass is 9.47. The van der Waals surface area contributed by atoms with Crippen molar-refractivity contribution < 1.29 is 14.4 Å². The van der Waals surface area contributed by atoms with Crippen molar-refractivity contribution in [2.75, 3.05) is 4.90 Å². The van der Waals surface area contributed by atoms with Gasteiger partial charge in [0.1, 0.15) is 0 Å². The van der Waals surface area contributed by atoms with Crippen LogP contribution in [0, 0.1) is 11.8 Å². The fourth-order valence-electron chi connectivity index (χ4n) is 7.72. The maximum Gasteiger partial charge on any atom is 0.244 e. The molecule has 0 aromatic heterocycles. The number of carbonyl (C=O) groups excluding carboxylic acids is 3. The number of anilines is 1. The third-order valence-corrected chi connectivity index (χ3v) is 9.36. The van der Waals surface area contributed by atoms with Gasteiger partial charge in [-0.05, 0) is 39.3 Å². The number of imide groups is 1. The number of carbonyl (C=O) groups is 3. The van der Waals surface area contributed by atoms with E-state index in [9.17, 15) is 14.4 Å². The Morgan fingerprint density at radius 2 is 1.37 bits per heavy atom. The van der Waals surface area contributed by atoms with E-state index in [1.165, 1.54) is 4.90 Å². The molecule has 1 fully saturated rings. The zero-order chi connectivity index (χ0) is 29.1. The lowest BCUT2D eigenvalue weighted by molar-refractivity contribution is -0.123. The molecule has 0 unspecified atom stereocenters. The highest BCUT2D eigenvalue weighted by atomic mass is 16.2. The van der Waals surface area contributed by atoms with Gasteiger partial charge in [0.2, 0.25) is 17.7 Å². The summed E-state index contributed by atoms with van der Waals surface area (Å²) in [6.45, 7) is 0. The first-order chi connectivity index (χ1) is 21.1. The van der Waals surface area contributed by atoms with Crippen LogP contribution >= 0.6 is 0 Å². The SMILES string of the molecule is O=C(Cc1ccccc1)N/N=C\C12c3ccccc3C(c3ccccc31)[C@H]1C(=O)N(c3cccc4ccccc34)C(=O)[C@H]12. The Morgan fingerprint density at radius 3 is 2.12 bits per heavy atom. The number of benzene rings is 5. The second-order valence-corrected chi connectivity index (χ2v) is 11.5. The molecule has 6 heteroatoms. The van der Waals surface area contributed by atoms with Gasteiger partial charge < -0.3 is 0 Å². The van der Waals surface area contributed by atoms with Gasteiger partial charge in [-0.25, -0.2) is 10.3 Å². The Morgan fingerprint density at radius 1 is 0.744 bits per heavy atom. The molecule has 9 rings (SSSR count). The van der Waals surface area contributed by atoms with E-state index in [-0.39, 0.29) is 30.1 Å². The Bertz CT molecular complexity index is 1930. The second kappa shape index (κ2) is 9.60. The Kier molecular flexibility index (Phi) is 5.66. The molecule has 6 nitrogen and oxygen atoms in total. The number of fused-ring (bicyclic) bond motifs is 1. The number of nitrogens with one attached hydrogen (secondary N) is 1. The Balaban J connectivity index is 1.28. The molecule has 2 atom stereocenters. The van der Waals surface area contributed by atoms with Gasteiger partial charge in [-0.15, -0.1) is 0 Å². The van der Waals surface area contributed by atoms with Crippen LogP contribution < -0.4 is 10.3 Å². The van der Waals surface area contributed by atoms with Crippen LogP contribution in [0.1, 0.15) is 33.7 Å². The van der Waals surface area contributed by atoms with Crippen LogP contribution in [0.2, 0.25) is 0 Å². The van der Waals surface area contributed by atoms with Crippen molar-refractivity contribution in [2.45, 2.75) is 17.8 Å². The average Bonchev–Trinajstić information content (AvgIpc) is 3.31. The summed E-state index contributed by atoms with van der Waals surface area (Å²) in [7, 11) is 0. The van der Waals surface area contributed by atoms with Gasteiger partial charge in [-0.2, -0.15) is 5.10 Å². The molecule has 5 aromatic rings. The standard InChI is InChI=1S/C37H27N3O3/c41-31(21-23-11-2-1-3-12-23)39-38-22-37-28-18-8-6-16-26(28)32(27-17-7-9-19-29(27)37)33-34(37)36(43)40(35(33)42)30-20-10-14-24-13-4-5-15-25(24)30/h1-20,22,32-34H,21H2,(H,39,41)/b38-22-/t32?,33-,34+,37?/m1/s1. The molecule has 0 radical (unpaired) electrons. The number of amides is 3. The largest absolute Gasteiger partial charge is 0.274 e. The molecular formula is C37H27N3O3. The summed E-state index contributed by atoms with van der Waals surface area (Å²) < 4.78 is 0. The minimum atomic E-state index is -1.04. The van der Waals surface area contributed by atoms with Gasteiger partial charge in [-0.3, -0.25) is 14.4 Å². The van der Waals surface area contributed by atoms with Gasteiger partial charge in [0.15, 0.2) is 0 Å². The summed E-state index contributed by atoms with van der Waals surface area (Å²) in [5.74, 6) is -2.30. The molecule has 3 aliphatic carbocycles. The van der Waals surface area contributed by atoms with Gasteiger partial charge in [0.25, 0.3) is 0 Å². The normalized spacial score (nSPS) is 23.3. The lowest BCUT2D eigenvalue weighted by Gasteiger charge is -2.52. The van der Waals surface area contributed by atoms with Crippen molar-refractivity contribution in [3.63, 3.8) is 0 Å². The number of hydrazone groups is 1. The monoisotopic (exact) mass is 561 g/mol. The number of nitrogens with zero attached hydrogens (tertiary/aromatic N) is 2. The topological polar surface area (TPSA) is 78.8 Å². The minimum absolute atomic E-state index is 0.179. The van der Waals surface area contributed by atoms with Crippen molar-refractivity contribution in [3.8, 4) is 0 Å². The highest BCUT2D eigenvalue weighted by Crippen LogP contribution is 2.63. The average molecular weight is 562 g/mol. The third-order valence-electron chi connectivity index (χ3n) is 9.36. The van der Waals surface area contributed by atoms with Crippen LogP contribution in [0.15, 0.2) is 126 Å². The minimum Gasteiger partial charge on any atom is -0.274 e. The maximum absolute atomic E-state index is 14.7. The highest BCUT2D eigenvalue weighted by Gasteiger charge is 2.68. The van der Waals surface area contributed by atoms with Crippen molar-refractivity contribution >= 4 is 40.4 Å². The van der Waals surface area contributed by atoms with E-state index in [0.29, 0.717) is 5.69 Å². The summed E-state index contributed by atoms with van der Waals surface area (Å²) in [6.07, 6.45) is 1.89. The van der Waals surface area contributed by atoms with Crippen molar-refractivity contribution in [3.05, 3.63) is 149 Å². The molecule has 1 heterocycles. The molecule has 1 saturated heterocycles. The van der Waals surface area contributed by atoms with Crippen LogP contribution in [0.5, 0.6) is 0 Å². The first kappa shape index (κ1) is 25.4. The third kappa shape index (κ3) is 3.59. The molecule has 43 heavy (non-hydrogen) atoms. The molecule has 0 saturated carbocycles. The molecule has 1 N–H and O–H groups in total. The fourth-order valence-corrected chi connectivity index (χ4v) is 7.72. The summed E-state index contributed by atoms with van der Waals surface area (Å²) in [5, 5.41) is 6.33. The fraction of sp³-hybridized carbons (Fsp3) is 0.135. The van der Waals surface area contributed by atoms with E-state index < -0.39 is 17.3 Å². The van der Waals surface area contributed by atoms with Crippen LogP contribution in [0.25, 0.3) is 10.8 Å². The highest BCUT2D eigenvalue weighted by molar-refractivity contribution is 6.27. The van der Waals surface area contributed by atoms with E-state index >= 15 is 0 Å². The van der Waals surface area contributed by atoms with E-state index in [1.807, 2.05) is 109 Å². The van der Waals surface area contributed by atoms with Crippen LogP contribution in [0.4, 0.5) is 5.69 Å². The molecular weight excluding hydrogens is 534 g/mol. The van der Waals surface area contributed by atoms with E-state index in [0.717, 1.165) is 38.6 Å². The van der Waals surface area contributed by atoms with Crippen molar-refractivity contribution in [1.82, 2.24) is 5.43 Å². The summed E-state index contributed by atoms with van der Waals surface area (Å²) >= 11 is 0. The summed E-state index contributed by atoms with van der Waals surface area (Å²) in [5.41, 5.74) is 7.07. The van der Waals surface area contributed by atoms with E-state index in [1.54, 1.807) is 6.21 Å². The second-order valence-electron chi connectivity index (χ2n) is 11.5. The maximum atomic E-state index is 14.7. The molecule has 5 aromatic carbocycles. The van der Waals surface area contributed by atoms with E-state index in [4.69, 9.17) is 0 Å². The number of hydrogen-bond acceptors (Lipinski definition) is 4.